The molecule has 2 rings (SSSR count). The van der Waals surface area contributed by atoms with Crippen molar-refractivity contribution in [1.82, 2.24) is 9.78 Å². The van der Waals surface area contributed by atoms with Gasteiger partial charge in [0.2, 0.25) is 0 Å². The SMILES string of the molecule is COc1cc(OC)cc(C(O)c2cnn(C)c2N)c1. The van der Waals surface area contributed by atoms with Crippen LogP contribution in [0.1, 0.15) is 17.2 Å². The number of rotatable bonds is 4. The van der Waals surface area contributed by atoms with Crippen molar-refractivity contribution < 1.29 is 14.6 Å². The second kappa shape index (κ2) is 5.19. The number of nitrogen functional groups attached to an aromatic ring is 1. The van der Waals surface area contributed by atoms with Crippen LogP contribution in [0.5, 0.6) is 11.5 Å². The van der Waals surface area contributed by atoms with Crippen LogP contribution in [-0.4, -0.2) is 29.1 Å². The molecule has 0 saturated heterocycles. The van der Waals surface area contributed by atoms with Crippen molar-refractivity contribution >= 4 is 5.82 Å². The molecule has 0 aliphatic heterocycles. The molecular weight excluding hydrogens is 246 g/mol. The maximum atomic E-state index is 10.4. The van der Waals surface area contributed by atoms with Gasteiger partial charge in [0.05, 0.1) is 20.4 Å². The third-order valence-corrected chi connectivity index (χ3v) is 3.00. The van der Waals surface area contributed by atoms with E-state index >= 15 is 0 Å². The number of aromatic nitrogens is 2. The van der Waals surface area contributed by atoms with Gasteiger partial charge in [-0.2, -0.15) is 5.10 Å². The minimum absolute atomic E-state index is 0.425. The summed E-state index contributed by atoms with van der Waals surface area (Å²) in [6.07, 6.45) is 0.670. The summed E-state index contributed by atoms with van der Waals surface area (Å²) in [5, 5.41) is 14.4. The smallest absolute Gasteiger partial charge is 0.127 e. The molecule has 6 heteroatoms. The predicted molar refractivity (Wildman–Crippen MR) is 71.2 cm³/mol. The normalized spacial score (nSPS) is 12.2. The van der Waals surface area contributed by atoms with Crippen molar-refractivity contribution in [2.24, 2.45) is 7.05 Å². The first-order valence-corrected chi connectivity index (χ1v) is 5.75. The molecule has 19 heavy (non-hydrogen) atoms. The van der Waals surface area contributed by atoms with Crippen LogP contribution in [0.4, 0.5) is 5.82 Å². The van der Waals surface area contributed by atoms with Crippen LogP contribution in [0, 0.1) is 0 Å². The number of aliphatic hydroxyl groups is 1. The number of nitrogens with two attached hydrogens (primary N) is 1. The lowest BCUT2D eigenvalue weighted by molar-refractivity contribution is 0.220. The van der Waals surface area contributed by atoms with Gasteiger partial charge in [-0.3, -0.25) is 4.68 Å². The molecule has 0 bridgehead atoms. The number of aryl methyl sites for hydroxylation is 1. The summed E-state index contributed by atoms with van der Waals surface area (Å²) >= 11 is 0. The molecule has 0 saturated carbocycles. The van der Waals surface area contributed by atoms with Gasteiger partial charge in [0, 0.05) is 18.7 Å². The molecule has 0 radical (unpaired) electrons. The standard InChI is InChI=1S/C13H17N3O3/c1-16-13(14)11(7-15-16)12(17)8-4-9(18-2)6-10(5-8)19-3/h4-7,12,17H,14H2,1-3H3. The van der Waals surface area contributed by atoms with Gasteiger partial charge in [-0.15, -0.1) is 0 Å². The summed E-state index contributed by atoms with van der Waals surface area (Å²) in [7, 11) is 4.84. The van der Waals surface area contributed by atoms with Crippen LogP contribution in [0.25, 0.3) is 0 Å². The Balaban J connectivity index is 2.43. The molecular formula is C13H17N3O3. The van der Waals surface area contributed by atoms with Crippen LogP contribution in [0.3, 0.4) is 0 Å². The van der Waals surface area contributed by atoms with Gasteiger partial charge in [-0.05, 0) is 17.7 Å². The van der Waals surface area contributed by atoms with Crippen molar-refractivity contribution in [3.8, 4) is 11.5 Å². The Morgan fingerprint density at radius 3 is 2.21 bits per heavy atom. The van der Waals surface area contributed by atoms with Gasteiger partial charge in [0.1, 0.15) is 23.4 Å². The number of benzene rings is 1. The number of aliphatic hydroxyl groups excluding tert-OH is 1. The molecule has 3 N–H and O–H groups in total. The van der Waals surface area contributed by atoms with E-state index in [0.717, 1.165) is 0 Å². The first kappa shape index (κ1) is 13.2. The van der Waals surface area contributed by atoms with Gasteiger partial charge in [0.15, 0.2) is 0 Å². The number of anilines is 1. The zero-order chi connectivity index (χ0) is 14.0. The lowest BCUT2D eigenvalue weighted by Crippen LogP contribution is -2.05. The second-order valence-corrected chi connectivity index (χ2v) is 4.16. The van der Waals surface area contributed by atoms with Crippen LogP contribution < -0.4 is 15.2 Å². The summed E-state index contributed by atoms with van der Waals surface area (Å²) in [6, 6.07) is 5.21. The van der Waals surface area contributed by atoms with Crippen LogP contribution >= 0.6 is 0 Å². The highest BCUT2D eigenvalue weighted by Crippen LogP contribution is 2.31. The fraction of sp³-hybridized carbons (Fsp3) is 0.308. The van der Waals surface area contributed by atoms with Crippen LogP contribution in [-0.2, 0) is 7.05 Å². The maximum Gasteiger partial charge on any atom is 0.127 e. The molecule has 6 nitrogen and oxygen atoms in total. The summed E-state index contributed by atoms with van der Waals surface area (Å²) in [4.78, 5) is 0. The summed E-state index contributed by atoms with van der Waals surface area (Å²) < 4.78 is 11.9. The van der Waals surface area contributed by atoms with E-state index in [2.05, 4.69) is 5.10 Å². The van der Waals surface area contributed by atoms with E-state index in [4.69, 9.17) is 15.2 Å². The van der Waals surface area contributed by atoms with Gasteiger partial charge in [-0.25, -0.2) is 0 Å². The molecule has 102 valence electrons. The molecule has 2 aromatic rings. The molecule has 0 amide bonds. The molecule has 0 spiro atoms. The highest BCUT2D eigenvalue weighted by molar-refractivity contribution is 5.47. The lowest BCUT2D eigenvalue weighted by atomic mass is 10.0. The molecule has 1 unspecified atom stereocenters. The van der Waals surface area contributed by atoms with Crippen molar-refractivity contribution in [2.45, 2.75) is 6.10 Å². The van der Waals surface area contributed by atoms with Crippen molar-refractivity contribution in [3.63, 3.8) is 0 Å². The van der Waals surface area contributed by atoms with Crippen molar-refractivity contribution in [2.75, 3.05) is 20.0 Å². The fourth-order valence-corrected chi connectivity index (χ4v) is 1.84. The van der Waals surface area contributed by atoms with Crippen LogP contribution in [0.15, 0.2) is 24.4 Å². The van der Waals surface area contributed by atoms with E-state index in [1.165, 1.54) is 4.68 Å². The Morgan fingerprint density at radius 1 is 1.21 bits per heavy atom. The molecule has 1 atom stereocenters. The first-order valence-electron chi connectivity index (χ1n) is 5.75. The number of nitrogens with zero attached hydrogens (tertiary/aromatic N) is 2. The molecule has 0 aliphatic rings. The van der Waals surface area contributed by atoms with E-state index in [1.54, 1.807) is 45.7 Å². The highest BCUT2D eigenvalue weighted by Gasteiger charge is 2.18. The monoisotopic (exact) mass is 263 g/mol. The third kappa shape index (κ3) is 2.48. The predicted octanol–water partition coefficient (Wildman–Crippen LogP) is 1.10. The van der Waals surface area contributed by atoms with Crippen molar-refractivity contribution in [1.29, 1.82) is 0 Å². The van der Waals surface area contributed by atoms with Crippen LogP contribution in [0.2, 0.25) is 0 Å². The Kier molecular flexibility index (Phi) is 3.62. The Labute approximate surface area is 111 Å². The van der Waals surface area contributed by atoms with E-state index in [-0.39, 0.29) is 0 Å². The first-order chi connectivity index (χ1) is 9.06. The summed E-state index contributed by atoms with van der Waals surface area (Å²) in [6.45, 7) is 0. The average molecular weight is 263 g/mol. The minimum Gasteiger partial charge on any atom is -0.497 e. The average Bonchev–Trinajstić information content (AvgIpc) is 2.77. The summed E-state index contributed by atoms with van der Waals surface area (Å²) in [5.41, 5.74) is 7.05. The number of hydrogen-bond acceptors (Lipinski definition) is 5. The minimum atomic E-state index is -0.877. The molecule has 1 heterocycles. The van der Waals surface area contributed by atoms with E-state index in [1.807, 2.05) is 0 Å². The van der Waals surface area contributed by atoms with Gasteiger partial charge >= 0.3 is 0 Å². The van der Waals surface area contributed by atoms with E-state index in [9.17, 15) is 5.11 Å². The molecule has 1 aromatic carbocycles. The fourth-order valence-electron chi connectivity index (χ4n) is 1.84. The quantitative estimate of drug-likeness (QED) is 0.863. The van der Waals surface area contributed by atoms with Crippen molar-refractivity contribution in [3.05, 3.63) is 35.5 Å². The number of hydrogen-bond donors (Lipinski definition) is 2. The molecule has 0 aliphatic carbocycles. The second-order valence-electron chi connectivity index (χ2n) is 4.16. The third-order valence-electron chi connectivity index (χ3n) is 3.00. The highest BCUT2D eigenvalue weighted by atomic mass is 16.5. The van der Waals surface area contributed by atoms with Gasteiger partial charge in [-0.1, -0.05) is 0 Å². The van der Waals surface area contributed by atoms with Gasteiger partial charge in [0.25, 0.3) is 0 Å². The summed E-state index contributed by atoms with van der Waals surface area (Å²) in [5.74, 6) is 1.64. The number of ether oxygens (including phenoxy) is 2. The van der Waals surface area contributed by atoms with E-state index in [0.29, 0.717) is 28.4 Å². The Morgan fingerprint density at radius 2 is 1.79 bits per heavy atom. The Bertz CT molecular complexity index is 558. The molecule has 1 aromatic heterocycles. The lowest BCUT2D eigenvalue weighted by Gasteiger charge is -2.13. The van der Waals surface area contributed by atoms with Gasteiger partial charge < -0.3 is 20.3 Å². The zero-order valence-electron chi connectivity index (χ0n) is 11.1. The van der Waals surface area contributed by atoms with E-state index < -0.39 is 6.10 Å². The zero-order valence-corrected chi connectivity index (χ0v) is 11.1. The topological polar surface area (TPSA) is 82.5 Å². The maximum absolute atomic E-state index is 10.4. The largest absolute Gasteiger partial charge is 0.497 e. The molecule has 0 fully saturated rings. The number of methoxy groups -OCH3 is 2. The Hall–Kier alpha value is -2.21.